The molecule has 27 heavy (non-hydrogen) atoms. The molecule has 0 atom stereocenters. The number of rotatable bonds is 8. The van der Waals surface area contributed by atoms with Crippen LogP contribution in [0.15, 0.2) is 40.0 Å². The number of furan rings is 1. The topological polar surface area (TPSA) is 113 Å². The Hall–Kier alpha value is -2.60. The van der Waals surface area contributed by atoms with Gasteiger partial charge in [-0.05, 0) is 37.7 Å². The highest BCUT2D eigenvalue weighted by Crippen LogP contribution is 2.28. The zero-order valence-corrected chi connectivity index (χ0v) is 14.9. The molecule has 0 aliphatic carbocycles. The molecular weight excluding hydrogens is 389 g/mol. The Balaban J connectivity index is 1.75. The van der Waals surface area contributed by atoms with Crippen LogP contribution >= 0.6 is 0 Å². The third kappa shape index (κ3) is 5.69. The van der Waals surface area contributed by atoms with Crippen molar-refractivity contribution in [1.29, 1.82) is 0 Å². The summed E-state index contributed by atoms with van der Waals surface area (Å²) in [5.41, 5.74) is -0.835. The van der Waals surface area contributed by atoms with Crippen LogP contribution in [0.25, 0.3) is 0 Å². The molecule has 0 bridgehead atoms. The number of halogens is 3. The van der Waals surface area contributed by atoms with Gasteiger partial charge in [0.2, 0.25) is 5.09 Å². The maximum atomic E-state index is 12.4. The number of alkyl halides is 3. The highest BCUT2D eigenvalue weighted by atomic mass is 32.2. The molecule has 2 aromatic heterocycles. The van der Waals surface area contributed by atoms with Gasteiger partial charge in [-0.1, -0.05) is 0 Å². The van der Waals surface area contributed by atoms with Gasteiger partial charge in [0, 0.05) is 19.3 Å². The van der Waals surface area contributed by atoms with E-state index in [2.05, 4.69) is 20.3 Å². The highest BCUT2D eigenvalue weighted by Gasteiger charge is 2.30. The Bertz CT molecular complexity index is 879. The average molecular weight is 406 g/mol. The smallest absolute Gasteiger partial charge is 0.417 e. The fourth-order valence-corrected chi connectivity index (χ4v) is 2.60. The minimum Gasteiger partial charge on any atom is -0.438 e. The molecule has 8 nitrogen and oxygen atoms in total. The number of hydrogen-bond donors (Lipinski definition) is 3. The lowest BCUT2D eigenvalue weighted by molar-refractivity contribution is -0.137. The van der Waals surface area contributed by atoms with Crippen molar-refractivity contribution in [3.8, 4) is 0 Å². The predicted octanol–water partition coefficient (Wildman–Crippen LogP) is 1.83. The monoisotopic (exact) mass is 406 g/mol. The van der Waals surface area contributed by atoms with Crippen molar-refractivity contribution in [3.63, 3.8) is 0 Å². The Morgan fingerprint density at radius 2 is 1.93 bits per heavy atom. The number of aromatic nitrogens is 1. The van der Waals surface area contributed by atoms with Crippen molar-refractivity contribution in [3.05, 3.63) is 41.8 Å². The molecule has 0 radical (unpaired) electrons. The lowest BCUT2D eigenvalue weighted by atomic mass is 10.3. The third-order valence-corrected chi connectivity index (χ3v) is 4.66. The quantitative estimate of drug-likeness (QED) is 0.577. The molecule has 2 rings (SSSR count). The van der Waals surface area contributed by atoms with Gasteiger partial charge in [-0.2, -0.15) is 13.2 Å². The first kappa shape index (κ1) is 20.7. The molecule has 12 heteroatoms. The van der Waals surface area contributed by atoms with Gasteiger partial charge in [0.1, 0.15) is 5.82 Å². The van der Waals surface area contributed by atoms with E-state index in [-0.39, 0.29) is 23.2 Å². The largest absolute Gasteiger partial charge is 0.438 e. The number of pyridine rings is 1. The van der Waals surface area contributed by atoms with E-state index < -0.39 is 27.7 Å². The minimum atomic E-state index is -4.44. The van der Waals surface area contributed by atoms with Gasteiger partial charge in [-0.25, -0.2) is 18.1 Å². The average Bonchev–Trinajstić information content (AvgIpc) is 3.12. The van der Waals surface area contributed by atoms with Gasteiger partial charge in [-0.15, -0.1) is 0 Å². The molecule has 0 unspecified atom stereocenters. The van der Waals surface area contributed by atoms with Gasteiger partial charge in [0.15, 0.2) is 5.76 Å². The fraction of sp³-hybridized carbons (Fsp3) is 0.333. The summed E-state index contributed by atoms with van der Waals surface area (Å²) in [7, 11) is -2.55. The van der Waals surface area contributed by atoms with E-state index in [1.54, 1.807) is 0 Å². The number of anilines is 1. The first-order chi connectivity index (χ1) is 12.6. The predicted molar refractivity (Wildman–Crippen MR) is 89.6 cm³/mol. The van der Waals surface area contributed by atoms with Gasteiger partial charge in [-0.3, -0.25) is 4.79 Å². The zero-order chi connectivity index (χ0) is 20.1. The molecule has 2 aromatic rings. The molecule has 148 valence electrons. The van der Waals surface area contributed by atoms with Crippen LogP contribution in [0.1, 0.15) is 22.5 Å². The van der Waals surface area contributed by atoms with E-state index in [9.17, 15) is 26.4 Å². The van der Waals surface area contributed by atoms with Crippen molar-refractivity contribution in [1.82, 2.24) is 15.0 Å². The van der Waals surface area contributed by atoms with Crippen molar-refractivity contribution in [2.24, 2.45) is 0 Å². The number of amides is 1. The maximum absolute atomic E-state index is 12.4. The lowest BCUT2D eigenvalue weighted by Crippen LogP contribution is -2.25. The summed E-state index contributed by atoms with van der Waals surface area (Å²) in [6, 6.07) is 4.54. The molecule has 0 aliphatic heterocycles. The second-order valence-corrected chi connectivity index (χ2v) is 7.11. The summed E-state index contributed by atoms with van der Waals surface area (Å²) in [6.07, 6.45) is -3.25. The molecule has 0 spiro atoms. The minimum absolute atomic E-state index is 0.152. The molecule has 1 amide bonds. The van der Waals surface area contributed by atoms with E-state index >= 15 is 0 Å². The van der Waals surface area contributed by atoms with Crippen molar-refractivity contribution < 1.29 is 30.8 Å². The molecule has 0 saturated carbocycles. The standard InChI is InChI=1S/C15H17F3N4O4S/c1-19-27(24,25)13-6-4-11(26-13)14(23)21-8-2-7-20-12-5-3-10(9-22-12)15(16,17)18/h3-6,9,19H,2,7-8H2,1H3,(H,20,22)(H,21,23). The molecular formula is C15H17F3N4O4S. The SMILES string of the molecule is CNS(=O)(=O)c1ccc(C(=O)NCCCNc2ccc(C(F)(F)F)cn2)o1. The number of sulfonamides is 1. The molecule has 3 N–H and O–H groups in total. The summed E-state index contributed by atoms with van der Waals surface area (Å²) >= 11 is 0. The van der Waals surface area contributed by atoms with Gasteiger partial charge in [0.05, 0.1) is 5.56 Å². The van der Waals surface area contributed by atoms with Crippen LogP contribution in [0.3, 0.4) is 0 Å². The van der Waals surface area contributed by atoms with Crippen LogP contribution in [0, 0.1) is 0 Å². The summed E-state index contributed by atoms with van der Waals surface area (Å²) in [5.74, 6) is -0.455. The van der Waals surface area contributed by atoms with Gasteiger partial charge in [0.25, 0.3) is 15.9 Å². The van der Waals surface area contributed by atoms with Crippen molar-refractivity contribution in [2.45, 2.75) is 17.7 Å². The second kappa shape index (κ2) is 8.39. The van der Waals surface area contributed by atoms with Crippen LogP contribution in [-0.4, -0.2) is 39.4 Å². The molecule has 0 fully saturated rings. The number of carbonyl (C=O) groups is 1. The summed E-state index contributed by atoms with van der Waals surface area (Å²) in [6.45, 7) is 0.595. The Kier molecular flexibility index (Phi) is 6.44. The van der Waals surface area contributed by atoms with Crippen LogP contribution in [-0.2, 0) is 16.2 Å². The van der Waals surface area contributed by atoms with Crippen LogP contribution in [0.2, 0.25) is 0 Å². The van der Waals surface area contributed by atoms with E-state index in [4.69, 9.17) is 4.42 Å². The summed E-state index contributed by atoms with van der Waals surface area (Å²) < 4.78 is 67.4. The Labute approximate surface area is 153 Å². The number of nitrogens with zero attached hydrogens (tertiary/aromatic N) is 1. The maximum Gasteiger partial charge on any atom is 0.417 e. The second-order valence-electron chi connectivity index (χ2n) is 5.29. The normalized spacial score (nSPS) is 12.0. The highest BCUT2D eigenvalue weighted by molar-refractivity contribution is 7.89. The van der Waals surface area contributed by atoms with E-state index in [0.717, 1.165) is 12.3 Å². The van der Waals surface area contributed by atoms with E-state index in [0.29, 0.717) is 13.0 Å². The third-order valence-electron chi connectivity index (χ3n) is 3.37. The van der Waals surface area contributed by atoms with Crippen LogP contribution < -0.4 is 15.4 Å². The fourth-order valence-electron chi connectivity index (χ4n) is 1.95. The number of carbonyl (C=O) groups excluding carboxylic acids is 1. The van der Waals surface area contributed by atoms with Crippen LogP contribution in [0.5, 0.6) is 0 Å². The number of nitrogens with one attached hydrogen (secondary N) is 3. The first-order valence-corrected chi connectivity index (χ1v) is 9.20. The summed E-state index contributed by atoms with van der Waals surface area (Å²) in [5, 5.41) is 5.00. The molecule has 0 aliphatic rings. The first-order valence-electron chi connectivity index (χ1n) is 7.72. The summed E-state index contributed by atoms with van der Waals surface area (Å²) in [4.78, 5) is 15.5. The van der Waals surface area contributed by atoms with Gasteiger partial charge < -0.3 is 15.1 Å². The molecule has 0 aromatic carbocycles. The Morgan fingerprint density at radius 1 is 1.19 bits per heavy atom. The van der Waals surface area contributed by atoms with Crippen molar-refractivity contribution in [2.75, 3.05) is 25.5 Å². The Morgan fingerprint density at radius 3 is 2.52 bits per heavy atom. The zero-order valence-electron chi connectivity index (χ0n) is 14.1. The van der Waals surface area contributed by atoms with E-state index in [1.165, 1.54) is 25.2 Å². The molecule has 0 saturated heterocycles. The lowest BCUT2D eigenvalue weighted by Gasteiger charge is -2.09. The number of hydrogen-bond acceptors (Lipinski definition) is 6. The molecule has 2 heterocycles. The van der Waals surface area contributed by atoms with Crippen LogP contribution in [0.4, 0.5) is 19.0 Å². The van der Waals surface area contributed by atoms with Crippen molar-refractivity contribution >= 4 is 21.7 Å². The van der Waals surface area contributed by atoms with E-state index in [1.807, 2.05) is 0 Å². The van der Waals surface area contributed by atoms with Gasteiger partial charge >= 0.3 is 6.18 Å².